The van der Waals surface area contributed by atoms with Gasteiger partial charge in [0.25, 0.3) is 0 Å². The second-order valence-corrected chi connectivity index (χ2v) is 10.7. The van der Waals surface area contributed by atoms with Gasteiger partial charge in [0.1, 0.15) is 10.7 Å². The molecule has 5 rings (SSSR count). The molecule has 176 valence electrons. The maximum Gasteiger partial charge on any atom is 0.234 e. The third kappa shape index (κ3) is 4.39. The van der Waals surface area contributed by atoms with E-state index in [0.717, 1.165) is 41.0 Å². The number of nitrogens with one attached hydrogen (secondary N) is 2. The molecule has 1 aliphatic carbocycles. The van der Waals surface area contributed by atoms with Crippen molar-refractivity contribution in [2.45, 2.75) is 51.6 Å². The van der Waals surface area contributed by atoms with Gasteiger partial charge in [-0.25, -0.2) is 4.98 Å². The fraction of sp³-hybridized carbons (Fsp3) is 0.375. The molecule has 2 N–H and O–H groups in total. The highest BCUT2D eigenvalue weighted by molar-refractivity contribution is 7.99. The molecule has 1 atom stereocenters. The predicted molar refractivity (Wildman–Crippen MR) is 137 cm³/mol. The highest BCUT2D eigenvalue weighted by Gasteiger charge is 2.25. The van der Waals surface area contributed by atoms with E-state index in [9.17, 15) is 9.59 Å². The first-order valence-corrected chi connectivity index (χ1v) is 13.2. The van der Waals surface area contributed by atoms with Gasteiger partial charge in [-0.2, -0.15) is 0 Å². The summed E-state index contributed by atoms with van der Waals surface area (Å²) in [4.78, 5) is 31.3. The Kier molecular flexibility index (Phi) is 6.26. The van der Waals surface area contributed by atoms with Crippen molar-refractivity contribution in [2.75, 3.05) is 16.4 Å². The molecule has 4 aromatic rings. The van der Waals surface area contributed by atoms with Crippen molar-refractivity contribution in [1.29, 1.82) is 0 Å². The highest BCUT2D eigenvalue weighted by atomic mass is 32.2. The van der Waals surface area contributed by atoms with Gasteiger partial charge in [-0.15, -0.1) is 21.5 Å². The fourth-order valence-corrected chi connectivity index (χ4v) is 6.56. The number of carbonyl (C=O) groups is 2. The molecular formula is C24H26N6O2S2. The Hall–Kier alpha value is -2.98. The van der Waals surface area contributed by atoms with Crippen LogP contribution in [0.4, 0.5) is 11.4 Å². The monoisotopic (exact) mass is 494 g/mol. The third-order valence-corrected chi connectivity index (χ3v) is 8.03. The summed E-state index contributed by atoms with van der Waals surface area (Å²) >= 11 is 3.14. The van der Waals surface area contributed by atoms with E-state index in [2.05, 4.69) is 34.7 Å². The van der Waals surface area contributed by atoms with E-state index in [1.54, 1.807) is 35.6 Å². The lowest BCUT2D eigenvalue weighted by molar-refractivity contribution is -0.114. The van der Waals surface area contributed by atoms with Crippen LogP contribution >= 0.6 is 23.1 Å². The fourth-order valence-electron chi connectivity index (χ4n) is 4.41. The third-order valence-electron chi connectivity index (χ3n) is 5.95. The Bertz CT molecular complexity index is 1410. The number of nitrogens with zero attached hydrogens (tertiary/aromatic N) is 4. The van der Waals surface area contributed by atoms with Crippen molar-refractivity contribution in [3.8, 4) is 0 Å². The van der Waals surface area contributed by atoms with Crippen LogP contribution in [0.1, 0.15) is 43.5 Å². The molecule has 3 aromatic heterocycles. The Morgan fingerprint density at radius 3 is 2.79 bits per heavy atom. The minimum atomic E-state index is -0.159. The van der Waals surface area contributed by atoms with Crippen molar-refractivity contribution in [3.05, 3.63) is 40.5 Å². The zero-order chi connectivity index (χ0) is 23.8. The van der Waals surface area contributed by atoms with Gasteiger partial charge in [-0.05, 0) is 48.9 Å². The number of hydrogen-bond acceptors (Lipinski definition) is 7. The van der Waals surface area contributed by atoms with Crippen LogP contribution in [0.5, 0.6) is 0 Å². The van der Waals surface area contributed by atoms with Crippen LogP contribution in [-0.4, -0.2) is 37.1 Å². The summed E-state index contributed by atoms with van der Waals surface area (Å²) in [5.74, 6) is 1.48. The summed E-state index contributed by atoms with van der Waals surface area (Å²) < 4.78 is 2.02. The number of amides is 2. The Labute approximate surface area is 205 Å². The predicted octanol–water partition coefficient (Wildman–Crippen LogP) is 4.72. The first kappa shape index (κ1) is 22.8. The van der Waals surface area contributed by atoms with Crippen LogP contribution in [0, 0.1) is 5.92 Å². The summed E-state index contributed by atoms with van der Waals surface area (Å²) in [5.41, 5.74) is 3.48. The molecule has 0 saturated carbocycles. The molecule has 34 heavy (non-hydrogen) atoms. The lowest BCUT2D eigenvalue weighted by atomic mass is 9.89. The van der Waals surface area contributed by atoms with Crippen LogP contribution in [0.15, 0.2) is 29.4 Å². The van der Waals surface area contributed by atoms with Crippen LogP contribution in [0.3, 0.4) is 0 Å². The lowest BCUT2D eigenvalue weighted by Gasteiger charge is -2.17. The number of aryl methyl sites for hydroxylation is 2. The van der Waals surface area contributed by atoms with E-state index in [0.29, 0.717) is 22.4 Å². The molecule has 0 spiro atoms. The van der Waals surface area contributed by atoms with Crippen LogP contribution < -0.4 is 10.6 Å². The van der Waals surface area contributed by atoms with E-state index in [1.807, 2.05) is 4.40 Å². The van der Waals surface area contributed by atoms with E-state index in [1.165, 1.54) is 35.5 Å². The Morgan fingerprint density at radius 2 is 2.03 bits per heavy atom. The Balaban J connectivity index is 1.39. The highest BCUT2D eigenvalue weighted by Crippen LogP contribution is 2.39. The number of carbonyl (C=O) groups excluding carboxylic acids is 2. The number of thioether (sulfide) groups is 1. The maximum absolute atomic E-state index is 12.6. The second-order valence-electron chi connectivity index (χ2n) is 8.65. The molecule has 0 radical (unpaired) electrons. The molecule has 3 heterocycles. The summed E-state index contributed by atoms with van der Waals surface area (Å²) in [6.07, 6.45) is 4.08. The molecule has 1 unspecified atom stereocenters. The molecular weight excluding hydrogens is 468 g/mol. The van der Waals surface area contributed by atoms with Crippen LogP contribution in [-0.2, 0) is 28.9 Å². The number of thiophene rings is 1. The average Bonchev–Trinajstić information content (AvgIpc) is 3.37. The minimum absolute atomic E-state index is 0.157. The minimum Gasteiger partial charge on any atom is -0.326 e. The summed E-state index contributed by atoms with van der Waals surface area (Å²) in [7, 11) is 0. The quantitative estimate of drug-likeness (QED) is 0.376. The van der Waals surface area contributed by atoms with Gasteiger partial charge < -0.3 is 10.6 Å². The Morgan fingerprint density at radius 1 is 1.24 bits per heavy atom. The molecule has 8 nitrogen and oxygen atoms in total. The second kappa shape index (κ2) is 9.34. The van der Waals surface area contributed by atoms with Gasteiger partial charge in [0.05, 0.1) is 11.1 Å². The number of anilines is 2. The number of benzene rings is 1. The van der Waals surface area contributed by atoms with Crippen molar-refractivity contribution in [3.63, 3.8) is 0 Å². The smallest absolute Gasteiger partial charge is 0.234 e. The van der Waals surface area contributed by atoms with Crippen molar-refractivity contribution in [2.24, 2.45) is 5.92 Å². The van der Waals surface area contributed by atoms with Crippen molar-refractivity contribution >= 4 is 62.2 Å². The summed E-state index contributed by atoms with van der Waals surface area (Å²) in [6.45, 7) is 5.83. The van der Waals surface area contributed by atoms with Crippen LogP contribution in [0.2, 0.25) is 0 Å². The molecule has 0 fully saturated rings. The van der Waals surface area contributed by atoms with E-state index >= 15 is 0 Å². The first-order chi connectivity index (χ1) is 16.4. The van der Waals surface area contributed by atoms with Gasteiger partial charge in [-0.1, -0.05) is 31.7 Å². The van der Waals surface area contributed by atoms with Gasteiger partial charge in [0.15, 0.2) is 10.8 Å². The standard InChI is InChI=1S/C24H26N6O2S2/c1-4-19-27-23-21(17-9-8-13(2)10-18(17)34-23)22-28-29-24(30(19)22)33-12-20(32)26-16-7-5-6-15(11-16)25-14(3)31/h5-7,11,13H,4,8-10,12H2,1-3H3,(H,25,31)(H,26,32). The largest absolute Gasteiger partial charge is 0.326 e. The maximum atomic E-state index is 12.6. The van der Waals surface area contributed by atoms with Crippen molar-refractivity contribution in [1.82, 2.24) is 19.6 Å². The first-order valence-electron chi connectivity index (χ1n) is 11.4. The van der Waals surface area contributed by atoms with E-state index < -0.39 is 0 Å². The van der Waals surface area contributed by atoms with E-state index in [-0.39, 0.29) is 17.6 Å². The van der Waals surface area contributed by atoms with Gasteiger partial charge >= 0.3 is 0 Å². The summed E-state index contributed by atoms with van der Waals surface area (Å²) in [5, 5.41) is 16.4. The molecule has 0 aliphatic heterocycles. The molecule has 2 amide bonds. The number of rotatable bonds is 6. The molecule has 1 aliphatic rings. The molecule has 10 heteroatoms. The number of aromatic nitrogens is 4. The van der Waals surface area contributed by atoms with E-state index in [4.69, 9.17) is 4.98 Å². The summed E-state index contributed by atoms with van der Waals surface area (Å²) in [6, 6.07) is 7.08. The zero-order valence-corrected chi connectivity index (χ0v) is 21.0. The van der Waals surface area contributed by atoms with Crippen LogP contribution in [0.25, 0.3) is 15.9 Å². The SMILES string of the molecule is CCc1nc2sc3c(c2c2nnc(SCC(=O)Nc4cccc(NC(C)=O)c4)n12)CCC(C)C3. The van der Waals surface area contributed by atoms with Gasteiger partial charge in [0, 0.05) is 29.6 Å². The topological polar surface area (TPSA) is 101 Å². The van der Waals surface area contributed by atoms with Gasteiger partial charge in [-0.3, -0.25) is 14.0 Å². The van der Waals surface area contributed by atoms with Crippen molar-refractivity contribution < 1.29 is 9.59 Å². The lowest BCUT2D eigenvalue weighted by Crippen LogP contribution is -2.15. The molecule has 0 bridgehead atoms. The number of hydrogen-bond donors (Lipinski definition) is 2. The normalized spacial score (nSPS) is 15.4. The zero-order valence-electron chi connectivity index (χ0n) is 19.3. The molecule has 0 saturated heterocycles. The van der Waals surface area contributed by atoms with Gasteiger partial charge in [0.2, 0.25) is 11.8 Å². The molecule has 1 aromatic carbocycles. The average molecular weight is 495 g/mol. The number of fused-ring (bicyclic) bond motifs is 5.